The van der Waals surface area contributed by atoms with Crippen LogP contribution in [0.3, 0.4) is 0 Å². The van der Waals surface area contributed by atoms with Crippen LogP contribution >= 0.6 is 11.3 Å². The van der Waals surface area contributed by atoms with Gasteiger partial charge in [0.05, 0.1) is 16.9 Å². The van der Waals surface area contributed by atoms with Crippen molar-refractivity contribution < 1.29 is 9.59 Å². The molecule has 4 nitrogen and oxygen atoms in total. The number of aldehydes is 1. The van der Waals surface area contributed by atoms with E-state index in [1.165, 1.54) is 16.9 Å². The molecule has 1 aromatic carbocycles. The summed E-state index contributed by atoms with van der Waals surface area (Å²) in [5.74, 6) is 0.0301. The number of nitrogens with zero attached hydrogens (tertiary/aromatic N) is 2. The zero-order valence-electron chi connectivity index (χ0n) is 12.4. The molecule has 23 heavy (non-hydrogen) atoms. The highest BCUT2D eigenvalue weighted by Gasteiger charge is 2.23. The summed E-state index contributed by atoms with van der Waals surface area (Å²) >= 11 is 1.48. The van der Waals surface area contributed by atoms with Crippen LogP contribution in [0.4, 0.5) is 0 Å². The number of aromatic nitrogens is 1. The second-order valence-corrected chi connectivity index (χ2v) is 6.77. The lowest BCUT2D eigenvalue weighted by Crippen LogP contribution is -2.35. The van der Waals surface area contributed by atoms with Gasteiger partial charge in [0.25, 0.3) is 5.91 Å². The number of hydrogen-bond acceptors (Lipinski definition) is 4. The molecule has 4 rings (SSSR count). The Morgan fingerprint density at radius 1 is 1.26 bits per heavy atom. The standard InChI is InChI=1S/C18H14N2O2S/c21-11-15-9-13-5-7-20(10-17(13)23-15)18(22)14-3-4-16-12(8-14)2-1-6-19-16/h1-4,6,8-9,11H,5,7,10H2. The summed E-state index contributed by atoms with van der Waals surface area (Å²) in [6.07, 6.45) is 3.43. The van der Waals surface area contributed by atoms with Crippen molar-refractivity contribution in [1.29, 1.82) is 0 Å². The van der Waals surface area contributed by atoms with Crippen molar-refractivity contribution in [2.45, 2.75) is 13.0 Å². The van der Waals surface area contributed by atoms with Crippen molar-refractivity contribution in [1.82, 2.24) is 9.88 Å². The Balaban J connectivity index is 1.62. The van der Waals surface area contributed by atoms with Gasteiger partial charge in [-0.25, -0.2) is 0 Å². The fourth-order valence-electron chi connectivity index (χ4n) is 2.97. The molecule has 0 saturated carbocycles. The minimum atomic E-state index is 0.0301. The predicted octanol–water partition coefficient (Wildman–Crippen LogP) is 3.31. The Labute approximate surface area is 137 Å². The number of fused-ring (bicyclic) bond motifs is 2. The van der Waals surface area contributed by atoms with E-state index in [9.17, 15) is 9.59 Å². The van der Waals surface area contributed by atoms with Crippen LogP contribution in [0, 0.1) is 0 Å². The molecule has 5 heteroatoms. The van der Waals surface area contributed by atoms with E-state index in [0.29, 0.717) is 18.7 Å². The van der Waals surface area contributed by atoms with Gasteiger partial charge in [0.2, 0.25) is 0 Å². The zero-order chi connectivity index (χ0) is 15.8. The number of pyridine rings is 1. The van der Waals surface area contributed by atoms with Gasteiger partial charge in [0, 0.05) is 28.6 Å². The largest absolute Gasteiger partial charge is 0.333 e. The van der Waals surface area contributed by atoms with E-state index in [1.54, 1.807) is 6.20 Å². The van der Waals surface area contributed by atoms with Crippen molar-refractivity contribution in [3.05, 3.63) is 63.5 Å². The Hall–Kier alpha value is -2.53. The van der Waals surface area contributed by atoms with Crippen molar-refractivity contribution in [2.75, 3.05) is 6.54 Å². The smallest absolute Gasteiger partial charge is 0.254 e. The first kappa shape index (κ1) is 14.1. The fraction of sp³-hybridized carbons (Fsp3) is 0.167. The molecule has 1 aliphatic heterocycles. The van der Waals surface area contributed by atoms with E-state index in [0.717, 1.165) is 33.4 Å². The minimum Gasteiger partial charge on any atom is -0.333 e. The first-order valence-corrected chi connectivity index (χ1v) is 8.27. The van der Waals surface area contributed by atoms with E-state index >= 15 is 0 Å². The van der Waals surface area contributed by atoms with Crippen molar-refractivity contribution in [3.8, 4) is 0 Å². The molecule has 0 atom stereocenters. The summed E-state index contributed by atoms with van der Waals surface area (Å²) in [4.78, 5) is 31.7. The van der Waals surface area contributed by atoms with E-state index in [2.05, 4.69) is 4.98 Å². The van der Waals surface area contributed by atoms with Gasteiger partial charge in [-0.1, -0.05) is 6.07 Å². The maximum Gasteiger partial charge on any atom is 0.254 e. The highest BCUT2D eigenvalue weighted by Crippen LogP contribution is 2.28. The monoisotopic (exact) mass is 322 g/mol. The van der Waals surface area contributed by atoms with E-state index in [1.807, 2.05) is 41.3 Å². The van der Waals surface area contributed by atoms with Gasteiger partial charge in [-0.3, -0.25) is 14.6 Å². The molecule has 0 fully saturated rings. The molecule has 114 valence electrons. The summed E-state index contributed by atoms with van der Waals surface area (Å²) in [6, 6.07) is 11.4. The van der Waals surface area contributed by atoms with Crippen LogP contribution in [0.2, 0.25) is 0 Å². The molecule has 3 aromatic rings. The normalized spacial score (nSPS) is 13.8. The Bertz CT molecular complexity index is 916. The Kier molecular flexibility index (Phi) is 3.42. The average molecular weight is 322 g/mol. The Morgan fingerprint density at radius 3 is 3.04 bits per heavy atom. The third kappa shape index (κ3) is 2.53. The molecule has 1 amide bonds. The van der Waals surface area contributed by atoms with Crippen molar-refractivity contribution in [2.24, 2.45) is 0 Å². The molecule has 2 aromatic heterocycles. The lowest BCUT2D eigenvalue weighted by molar-refractivity contribution is 0.0737. The third-order valence-electron chi connectivity index (χ3n) is 4.15. The van der Waals surface area contributed by atoms with Gasteiger partial charge in [0.15, 0.2) is 6.29 Å². The maximum atomic E-state index is 12.8. The van der Waals surface area contributed by atoms with Gasteiger partial charge in [-0.05, 0) is 42.3 Å². The average Bonchev–Trinajstić information content (AvgIpc) is 3.03. The molecule has 0 unspecified atom stereocenters. The van der Waals surface area contributed by atoms with Gasteiger partial charge in [0.1, 0.15) is 0 Å². The molecular weight excluding hydrogens is 308 g/mol. The number of amides is 1. The van der Waals surface area contributed by atoms with Crippen LogP contribution in [0.1, 0.15) is 30.5 Å². The SMILES string of the molecule is O=Cc1cc2c(s1)CN(C(=O)c1ccc3ncccc3c1)CC2. The Morgan fingerprint density at radius 2 is 2.17 bits per heavy atom. The predicted molar refractivity (Wildman–Crippen MR) is 89.9 cm³/mol. The van der Waals surface area contributed by atoms with Crippen LogP contribution in [0.15, 0.2) is 42.6 Å². The molecule has 0 N–H and O–H groups in total. The van der Waals surface area contributed by atoms with Crippen LogP contribution in [-0.4, -0.2) is 28.6 Å². The van der Waals surface area contributed by atoms with E-state index in [-0.39, 0.29) is 5.91 Å². The molecule has 0 radical (unpaired) electrons. The topological polar surface area (TPSA) is 50.3 Å². The molecule has 1 aliphatic rings. The second-order valence-electron chi connectivity index (χ2n) is 5.60. The number of carbonyl (C=O) groups excluding carboxylic acids is 2. The summed E-state index contributed by atoms with van der Waals surface area (Å²) in [6.45, 7) is 1.27. The summed E-state index contributed by atoms with van der Waals surface area (Å²) in [5, 5.41) is 0.968. The number of benzene rings is 1. The zero-order valence-corrected chi connectivity index (χ0v) is 13.2. The van der Waals surface area contributed by atoms with Crippen LogP contribution < -0.4 is 0 Å². The second kappa shape index (κ2) is 5.59. The summed E-state index contributed by atoms with van der Waals surface area (Å²) in [5.41, 5.74) is 2.77. The number of carbonyl (C=O) groups is 2. The lowest BCUT2D eigenvalue weighted by Gasteiger charge is -2.27. The summed E-state index contributed by atoms with van der Waals surface area (Å²) in [7, 11) is 0. The molecule has 0 spiro atoms. The highest BCUT2D eigenvalue weighted by molar-refractivity contribution is 7.13. The van der Waals surface area contributed by atoms with E-state index < -0.39 is 0 Å². The van der Waals surface area contributed by atoms with Crippen LogP contribution in [0.25, 0.3) is 10.9 Å². The van der Waals surface area contributed by atoms with Gasteiger partial charge in [-0.2, -0.15) is 0 Å². The van der Waals surface area contributed by atoms with Crippen molar-refractivity contribution >= 4 is 34.4 Å². The molecule has 0 aliphatic carbocycles. The minimum absolute atomic E-state index is 0.0301. The maximum absolute atomic E-state index is 12.8. The van der Waals surface area contributed by atoms with E-state index in [4.69, 9.17) is 0 Å². The molecular formula is C18H14N2O2S. The van der Waals surface area contributed by atoms with Gasteiger partial charge >= 0.3 is 0 Å². The van der Waals surface area contributed by atoms with Crippen molar-refractivity contribution in [3.63, 3.8) is 0 Å². The summed E-state index contributed by atoms with van der Waals surface area (Å²) < 4.78 is 0. The fourth-order valence-corrected chi connectivity index (χ4v) is 4.01. The van der Waals surface area contributed by atoms with Crippen LogP contribution in [0.5, 0.6) is 0 Å². The number of hydrogen-bond donors (Lipinski definition) is 0. The van der Waals surface area contributed by atoms with Gasteiger partial charge in [-0.15, -0.1) is 11.3 Å². The molecule has 0 bridgehead atoms. The van der Waals surface area contributed by atoms with Gasteiger partial charge < -0.3 is 4.90 Å². The molecule has 0 saturated heterocycles. The first-order chi connectivity index (χ1) is 11.2. The molecule has 3 heterocycles. The number of thiophene rings is 1. The first-order valence-electron chi connectivity index (χ1n) is 7.45. The highest BCUT2D eigenvalue weighted by atomic mass is 32.1. The quantitative estimate of drug-likeness (QED) is 0.680. The lowest BCUT2D eigenvalue weighted by atomic mass is 10.1. The number of rotatable bonds is 2. The van der Waals surface area contributed by atoms with Crippen LogP contribution in [-0.2, 0) is 13.0 Å². The third-order valence-corrected chi connectivity index (χ3v) is 5.24.